The molecule has 0 spiro atoms. The lowest BCUT2D eigenvalue weighted by Crippen LogP contribution is -2.33. The molecule has 0 atom stereocenters. The van der Waals surface area contributed by atoms with Gasteiger partial charge < -0.3 is 18.6 Å². The Labute approximate surface area is 174 Å². The van der Waals surface area contributed by atoms with Crippen molar-refractivity contribution < 1.29 is 13.9 Å². The molecule has 2 heterocycles. The summed E-state index contributed by atoms with van der Waals surface area (Å²) in [6.45, 7) is 2.66. The maximum absolute atomic E-state index is 13.0. The van der Waals surface area contributed by atoms with E-state index in [1.54, 1.807) is 12.0 Å². The Hall–Kier alpha value is -3.87. The van der Waals surface area contributed by atoms with Crippen molar-refractivity contribution in [1.82, 2.24) is 14.8 Å². The molecule has 0 N–H and O–H groups in total. The molecule has 30 heavy (non-hydrogen) atoms. The van der Waals surface area contributed by atoms with E-state index < -0.39 is 0 Å². The third-order valence-corrected chi connectivity index (χ3v) is 4.80. The number of nitrogens with zero attached hydrogens (tertiary/aromatic N) is 4. The van der Waals surface area contributed by atoms with E-state index in [1.807, 2.05) is 84.4 Å². The van der Waals surface area contributed by atoms with Gasteiger partial charge in [0.15, 0.2) is 0 Å². The average molecular weight is 402 g/mol. The number of likely N-dealkylation sites (N-methyl/N-ethyl adjacent to an activating group) is 1. The van der Waals surface area contributed by atoms with E-state index in [4.69, 9.17) is 9.15 Å². The molecule has 7 nitrogen and oxygen atoms in total. The third kappa shape index (κ3) is 3.96. The van der Waals surface area contributed by atoms with E-state index in [-0.39, 0.29) is 12.5 Å². The van der Waals surface area contributed by atoms with Crippen molar-refractivity contribution in [3.8, 4) is 28.8 Å². The van der Waals surface area contributed by atoms with Gasteiger partial charge in [0.05, 0.1) is 7.11 Å². The van der Waals surface area contributed by atoms with Crippen molar-refractivity contribution in [2.75, 3.05) is 18.6 Å². The molecule has 7 heteroatoms. The number of aromatic nitrogens is 3. The predicted molar refractivity (Wildman–Crippen MR) is 114 cm³/mol. The zero-order chi connectivity index (χ0) is 20.9. The first kappa shape index (κ1) is 19.4. The lowest BCUT2D eigenvalue weighted by Gasteiger charge is -2.22. The summed E-state index contributed by atoms with van der Waals surface area (Å²) in [4.78, 5) is 14.7. The highest BCUT2D eigenvalue weighted by molar-refractivity contribution is 5.93. The van der Waals surface area contributed by atoms with E-state index in [2.05, 4.69) is 10.2 Å². The molecule has 4 rings (SSSR count). The van der Waals surface area contributed by atoms with Crippen molar-refractivity contribution in [2.45, 2.75) is 13.5 Å². The molecule has 0 saturated heterocycles. The smallest absolute Gasteiger partial charge is 0.264 e. The van der Waals surface area contributed by atoms with E-state index in [0.29, 0.717) is 24.0 Å². The number of methoxy groups -OCH3 is 1. The van der Waals surface area contributed by atoms with Crippen LogP contribution in [0.2, 0.25) is 0 Å². The number of carbonyl (C=O) groups is 1. The number of amides is 1. The lowest BCUT2D eigenvalue weighted by molar-refractivity contribution is -0.119. The van der Waals surface area contributed by atoms with Crippen LogP contribution in [0.5, 0.6) is 5.75 Å². The highest BCUT2D eigenvalue weighted by atomic mass is 16.5. The number of carbonyl (C=O) groups excluding carboxylic acids is 1. The van der Waals surface area contributed by atoms with Gasteiger partial charge in [-0.1, -0.05) is 18.2 Å². The Kier molecular flexibility index (Phi) is 5.61. The molecule has 152 valence electrons. The number of benzene rings is 2. The first-order chi connectivity index (χ1) is 14.7. The minimum Gasteiger partial charge on any atom is -0.497 e. The van der Waals surface area contributed by atoms with Crippen LogP contribution in [0.1, 0.15) is 6.92 Å². The van der Waals surface area contributed by atoms with Crippen LogP contribution in [0.15, 0.2) is 77.3 Å². The summed E-state index contributed by atoms with van der Waals surface area (Å²) in [5.74, 6) is 1.53. The maximum atomic E-state index is 13.0. The van der Waals surface area contributed by atoms with E-state index in [9.17, 15) is 4.79 Å². The summed E-state index contributed by atoms with van der Waals surface area (Å²) in [7, 11) is 1.62. The molecule has 2 aromatic heterocycles. The fourth-order valence-electron chi connectivity index (χ4n) is 3.27. The number of hydrogen-bond acceptors (Lipinski definition) is 5. The summed E-state index contributed by atoms with van der Waals surface area (Å²) in [6, 6.07) is 20.7. The monoisotopic (exact) mass is 402 g/mol. The molecular formula is C23H22N4O3. The van der Waals surface area contributed by atoms with Gasteiger partial charge in [-0.3, -0.25) is 4.79 Å². The second-order valence-corrected chi connectivity index (χ2v) is 6.64. The first-order valence-corrected chi connectivity index (χ1v) is 9.68. The molecule has 0 aliphatic rings. The summed E-state index contributed by atoms with van der Waals surface area (Å²) in [5, 5.41) is 8.31. The van der Waals surface area contributed by atoms with Gasteiger partial charge in [0.1, 0.15) is 18.0 Å². The fourth-order valence-corrected chi connectivity index (χ4v) is 3.27. The molecule has 4 aromatic rings. The van der Waals surface area contributed by atoms with Crippen molar-refractivity contribution >= 4 is 11.6 Å². The quantitative estimate of drug-likeness (QED) is 0.462. The topological polar surface area (TPSA) is 73.4 Å². The Bertz CT molecular complexity index is 1120. The Morgan fingerprint density at radius 1 is 1.00 bits per heavy atom. The molecule has 2 aromatic carbocycles. The van der Waals surface area contributed by atoms with Crippen LogP contribution in [-0.4, -0.2) is 34.3 Å². The standard InChI is InChI=1S/C23H22N4O3/c1-3-27(18-11-13-19(29-2)14-12-18)21(28)16-26-15-7-10-20(26)23-25-24-22(30-23)17-8-5-4-6-9-17/h4-15H,3,16H2,1-2H3. The second kappa shape index (κ2) is 8.65. The molecule has 1 amide bonds. The molecule has 0 bridgehead atoms. The van der Waals surface area contributed by atoms with Gasteiger partial charge in [-0.2, -0.15) is 0 Å². The fraction of sp³-hybridized carbons (Fsp3) is 0.174. The van der Waals surface area contributed by atoms with Crippen molar-refractivity contribution in [2.24, 2.45) is 0 Å². The Morgan fingerprint density at radius 2 is 1.73 bits per heavy atom. The van der Waals surface area contributed by atoms with Gasteiger partial charge in [-0.05, 0) is 55.5 Å². The van der Waals surface area contributed by atoms with Gasteiger partial charge in [-0.25, -0.2) is 0 Å². The number of anilines is 1. The number of hydrogen-bond donors (Lipinski definition) is 0. The zero-order valence-electron chi connectivity index (χ0n) is 16.9. The highest BCUT2D eigenvalue weighted by Gasteiger charge is 2.19. The SMILES string of the molecule is CCN(C(=O)Cn1cccc1-c1nnc(-c2ccccc2)o1)c1ccc(OC)cc1. The van der Waals surface area contributed by atoms with Crippen LogP contribution in [0, 0.1) is 0 Å². The van der Waals surface area contributed by atoms with Crippen molar-refractivity contribution in [1.29, 1.82) is 0 Å². The second-order valence-electron chi connectivity index (χ2n) is 6.64. The van der Waals surface area contributed by atoms with Gasteiger partial charge in [0.2, 0.25) is 11.8 Å². The minimum atomic E-state index is -0.0390. The molecule has 0 radical (unpaired) electrons. The van der Waals surface area contributed by atoms with E-state index in [0.717, 1.165) is 17.0 Å². The van der Waals surface area contributed by atoms with Gasteiger partial charge in [-0.15, -0.1) is 10.2 Å². The van der Waals surface area contributed by atoms with Gasteiger partial charge >= 0.3 is 0 Å². The van der Waals surface area contributed by atoms with Crippen LogP contribution in [0.4, 0.5) is 5.69 Å². The van der Waals surface area contributed by atoms with Crippen LogP contribution < -0.4 is 9.64 Å². The van der Waals surface area contributed by atoms with Crippen LogP contribution in [0.3, 0.4) is 0 Å². The summed E-state index contributed by atoms with van der Waals surface area (Å²) in [6.07, 6.45) is 1.83. The van der Waals surface area contributed by atoms with Gasteiger partial charge in [0, 0.05) is 24.0 Å². The Morgan fingerprint density at radius 3 is 2.43 bits per heavy atom. The normalized spacial score (nSPS) is 10.7. The highest BCUT2D eigenvalue weighted by Crippen LogP contribution is 2.25. The largest absolute Gasteiger partial charge is 0.497 e. The summed E-state index contributed by atoms with van der Waals surface area (Å²) >= 11 is 0. The van der Waals surface area contributed by atoms with E-state index >= 15 is 0 Å². The molecule has 0 saturated carbocycles. The van der Waals surface area contributed by atoms with Crippen molar-refractivity contribution in [3.63, 3.8) is 0 Å². The molecule has 0 fully saturated rings. The minimum absolute atomic E-state index is 0.0390. The molecule has 0 aliphatic heterocycles. The Balaban J connectivity index is 1.54. The molecule has 0 unspecified atom stereocenters. The maximum Gasteiger partial charge on any atom is 0.264 e. The third-order valence-electron chi connectivity index (χ3n) is 4.80. The molecular weight excluding hydrogens is 380 g/mol. The first-order valence-electron chi connectivity index (χ1n) is 9.68. The predicted octanol–water partition coefficient (Wildman–Crippen LogP) is 4.27. The number of ether oxygens (including phenoxy) is 1. The van der Waals surface area contributed by atoms with E-state index in [1.165, 1.54) is 0 Å². The molecule has 0 aliphatic carbocycles. The summed E-state index contributed by atoms with van der Waals surface area (Å²) in [5.41, 5.74) is 2.37. The zero-order valence-corrected chi connectivity index (χ0v) is 16.9. The van der Waals surface area contributed by atoms with Crippen molar-refractivity contribution in [3.05, 3.63) is 72.9 Å². The van der Waals surface area contributed by atoms with Gasteiger partial charge in [0.25, 0.3) is 5.89 Å². The lowest BCUT2D eigenvalue weighted by atomic mass is 10.2. The van der Waals surface area contributed by atoms with Crippen LogP contribution >= 0.6 is 0 Å². The van der Waals surface area contributed by atoms with Crippen LogP contribution in [-0.2, 0) is 11.3 Å². The number of rotatable bonds is 7. The van der Waals surface area contributed by atoms with Crippen LogP contribution in [0.25, 0.3) is 23.0 Å². The summed E-state index contributed by atoms with van der Waals surface area (Å²) < 4.78 is 12.9. The average Bonchev–Trinajstić information content (AvgIpc) is 3.45.